The summed E-state index contributed by atoms with van der Waals surface area (Å²) in [5.74, 6) is -0.481. The van der Waals surface area contributed by atoms with E-state index in [1.807, 2.05) is 16.7 Å². The molecule has 1 heterocycles. The van der Waals surface area contributed by atoms with Gasteiger partial charge in [-0.15, -0.1) is 10.2 Å². The summed E-state index contributed by atoms with van der Waals surface area (Å²) in [4.78, 5) is 10.9. The third-order valence-corrected chi connectivity index (χ3v) is 5.66. The third-order valence-electron chi connectivity index (χ3n) is 4.24. The van der Waals surface area contributed by atoms with Gasteiger partial charge in [-0.1, -0.05) is 55.9 Å². The van der Waals surface area contributed by atoms with Gasteiger partial charge >= 0.3 is 5.97 Å². The molecule has 2 aromatic carbocycles. The van der Waals surface area contributed by atoms with Gasteiger partial charge in [-0.3, -0.25) is 9.36 Å². The Bertz CT molecular complexity index is 926. The van der Waals surface area contributed by atoms with Crippen LogP contribution in [0.15, 0.2) is 46.3 Å². The van der Waals surface area contributed by atoms with Crippen molar-refractivity contribution in [3.8, 4) is 5.69 Å². The second-order valence-corrected chi connectivity index (χ2v) is 7.45. The monoisotopic (exact) mass is 419 g/mol. The second kappa shape index (κ2) is 7.58. The summed E-state index contributed by atoms with van der Waals surface area (Å²) in [6.45, 7) is 4.41. The smallest absolute Gasteiger partial charge is 0.313 e. The van der Waals surface area contributed by atoms with Gasteiger partial charge in [0.05, 0.1) is 11.4 Å². The lowest BCUT2D eigenvalue weighted by atomic mass is 9.92. The van der Waals surface area contributed by atoms with E-state index >= 15 is 0 Å². The van der Waals surface area contributed by atoms with Crippen molar-refractivity contribution in [2.75, 3.05) is 5.75 Å². The Kier molecular flexibility index (Phi) is 5.44. The number of aliphatic carboxylic acids is 1. The molecule has 1 atom stereocenters. The molecule has 0 aliphatic heterocycles. The molecule has 1 N–H and O–H groups in total. The Labute approximate surface area is 158 Å². The van der Waals surface area contributed by atoms with E-state index in [1.165, 1.54) is 10.9 Å². The summed E-state index contributed by atoms with van der Waals surface area (Å²) in [5, 5.41) is 20.0. The molecule has 1 aromatic heterocycles. The fourth-order valence-electron chi connectivity index (χ4n) is 2.83. The van der Waals surface area contributed by atoms with Crippen LogP contribution in [0.25, 0.3) is 16.5 Å². The fourth-order valence-corrected chi connectivity index (χ4v) is 4.05. The number of halogens is 1. The molecule has 3 rings (SSSR count). The molecule has 0 aliphatic carbocycles. The highest BCUT2D eigenvalue weighted by Gasteiger charge is 2.18. The van der Waals surface area contributed by atoms with Crippen LogP contribution in [0.5, 0.6) is 0 Å². The van der Waals surface area contributed by atoms with Crippen molar-refractivity contribution in [3.05, 3.63) is 46.7 Å². The Morgan fingerprint density at radius 3 is 2.64 bits per heavy atom. The molecule has 0 spiro atoms. The number of thioether (sulfide) groups is 1. The highest BCUT2D eigenvalue weighted by atomic mass is 79.9. The summed E-state index contributed by atoms with van der Waals surface area (Å²) in [7, 11) is 0. The molecule has 130 valence electrons. The minimum absolute atomic E-state index is 0.0615. The Morgan fingerprint density at radius 1 is 1.24 bits per heavy atom. The van der Waals surface area contributed by atoms with E-state index in [2.05, 4.69) is 64.2 Å². The first-order chi connectivity index (χ1) is 12.0. The van der Waals surface area contributed by atoms with Crippen molar-refractivity contribution in [2.45, 2.75) is 31.3 Å². The molecule has 0 radical (unpaired) electrons. The zero-order chi connectivity index (χ0) is 18.0. The number of carbonyl (C=O) groups is 1. The average Bonchev–Trinajstić information content (AvgIpc) is 2.98. The van der Waals surface area contributed by atoms with Crippen LogP contribution in [0.3, 0.4) is 0 Å². The molecular formula is C18H18BrN3O2S. The van der Waals surface area contributed by atoms with Gasteiger partial charge in [-0.25, -0.2) is 0 Å². The van der Waals surface area contributed by atoms with E-state index < -0.39 is 5.97 Å². The maximum atomic E-state index is 10.9. The number of aromatic nitrogens is 3. The van der Waals surface area contributed by atoms with Gasteiger partial charge in [0, 0.05) is 5.39 Å². The topological polar surface area (TPSA) is 68.0 Å². The number of nitrogens with zero attached hydrogens (tertiary/aromatic N) is 3. The van der Waals surface area contributed by atoms with Crippen molar-refractivity contribution in [1.82, 2.24) is 14.8 Å². The maximum absolute atomic E-state index is 10.9. The molecular weight excluding hydrogens is 402 g/mol. The van der Waals surface area contributed by atoms with Crippen molar-refractivity contribution in [2.24, 2.45) is 0 Å². The summed E-state index contributed by atoms with van der Waals surface area (Å²) in [6.07, 6.45) is 1.07. The molecule has 7 heteroatoms. The minimum Gasteiger partial charge on any atom is -0.481 e. The molecule has 5 nitrogen and oxygen atoms in total. The number of hydrogen-bond acceptors (Lipinski definition) is 4. The zero-order valence-corrected chi connectivity index (χ0v) is 16.3. The fraction of sp³-hybridized carbons (Fsp3) is 0.278. The molecule has 3 aromatic rings. The molecule has 0 fully saturated rings. The van der Waals surface area contributed by atoms with Crippen LogP contribution in [-0.2, 0) is 4.79 Å². The summed E-state index contributed by atoms with van der Waals surface area (Å²) in [5.41, 5.74) is 2.25. The normalized spacial score (nSPS) is 12.4. The van der Waals surface area contributed by atoms with E-state index in [-0.39, 0.29) is 5.75 Å². The number of carboxylic acid groups (broad SMARTS) is 1. The molecule has 25 heavy (non-hydrogen) atoms. The van der Waals surface area contributed by atoms with Crippen LogP contribution >= 0.6 is 27.7 Å². The van der Waals surface area contributed by atoms with Crippen LogP contribution in [0.4, 0.5) is 0 Å². The predicted octanol–water partition coefficient (Wildman–Crippen LogP) is 4.87. The first-order valence-corrected chi connectivity index (χ1v) is 9.78. The van der Waals surface area contributed by atoms with Crippen LogP contribution in [0.1, 0.15) is 31.7 Å². The lowest BCUT2D eigenvalue weighted by molar-refractivity contribution is -0.133. The number of benzene rings is 2. The highest BCUT2D eigenvalue weighted by Crippen LogP contribution is 2.34. The van der Waals surface area contributed by atoms with Crippen LogP contribution in [0, 0.1) is 0 Å². The number of fused-ring (bicyclic) bond motifs is 1. The van der Waals surface area contributed by atoms with Gasteiger partial charge in [0.25, 0.3) is 0 Å². The Balaban J connectivity index is 2.18. The first-order valence-electron chi connectivity index (χ1n) is 8.00. The van der Waals surface area contributed by atoms with Crippen molar-refractivity contribution in [1.29, 1.82) is 0 Å². The SMILES string of the molecule is CCC(C)c1ccc(-n2c(Br)nnc2SCC(=O)O)c2ccccc12. The van der Waals surface area contributed by atoms with Gasteiger partial charge in [0.15, 0.2) is 5.16 Å². The maximum Gasteiger partial charge on any atom is 0.313 e. The van der Waals surface area contributed by atoms with Gasteiger partial charge in [0.2, 0.25) is 4.73 Å². The standard InChI is InChI=1S/C18H18BrN3O2S/c1-3-11(2)12-8-9-15(14-7-5-4-6-13(12)14)22-17(19)20-21-18(22)25-10-16(23)24/h4-9,11H,3,10H2,1-2H3,(H,23,24). The van der Waals surface area contributed by atoms with Gasteiger partial charge < -0.3 is 5.11 Å². The summed E-state index contributed by atoms with van der Waals surface area (Å²) in [6, 6.07) is 12.5. The molecule has 0 saturated carbocycles. The van der Waals surface area contributed by atoms with E-state index in [0.717, 1.165) is 29.3 Å². The van der Waals surface area contributed by atoms with E-state index in [4.69, 9.17) is 5.11 Å². The second-order valence-electron chi connectivity index (χ2n) is 5.80. The number of rotatable bonds is 6. The zero-order valence-electron chi connectivity index (χ0n) is 13.9. The van der Waals surface area contributed by atoms with Gasteiger partial charge in [0.1, 0.15) is 0 Å². The third kappa shape index (κ3) is 3.57. The predicted molar refractivity (Wildman–Crippen MR) is 104 cm³/mol. The Hall–Kier alpha value is -1.86. The summed E-state index contributed by atoms with van der Waals surface area (Å²) >= 11 is 4.59. The molecule has 0 bridgehead atoms. The average molecular weight is 420 g/mol. The van der Waals surface area contributed by atoms with Crippen molar-refractivity contribution < 1.29 is 9.90 Å². The minimum atomic E-state index is -0.882. The number of carboxylic acids is 1. The molecule has 1 unspecified atom stereocenters. The first kappa shape index (κ1) is 17.9. The largest absolute Gasteiger partial charge is 0.481 e. The van der Waals surface area contributed by atoms with E-state index in [9.17, 15) is 4.79 Å². The lowest BCUT2D eigenvalue weighted by Gasteiger charge is -2.17. The Morgan fingerprint density at radius 2 is 1.96 bits per heavy atom. The molecule has 0 amide bonds. The van der Waals surface area contributed by atoms with Gasteiger partial charge in [-0.05, 0) is 45.3 Å². The molecule has 0 saturated heterocycles. The van der Waals surface area contributed by atoms with Crippen LogP contribution in [0.2, 0.25) is 0 Å². The highest BCUT2D eigenvalue weighted by molar-refractivity contribution is 9.10. The number of hydrogen-bond donors (Lipinski definition) is 1. The summed E-state index contributed by atoms with van der Waals surface area (Å²) < 4.78 is 2.41. The lowest BCUT2D eigenvalue weighted by Crippen LogP contribution is -2.03. The van der Waals surface area contributed by atoms with Crippen molar-refractivity contribution >= 4 is 44.4 Å². The molecule has 0 aliphatic rings. The quantitative estimate of drug-likeness (QED) is 0.576. The van der Waals surface area contributed by atoms with E-state index in [1.54, 1.807) is 0 Å². The van der Waals surface area contributed by atoms with Crippen LogP contribution in [-0.4, -0.2) is 31.6 Å². The van der Waals surface area contributed by atoms with Gasteiger partial charge in [-0.2, -0.15) is 0 Å². The van der Waals surface area contributed by atoms with Crippen molar-refractivity contribution in [3.63, 3.8) is 0 Å². The van der Waals surface area contributed by atoms with Crippen LogP contribution < -0.4 is 0 Å². The van der Waals surface area contributed by atoms with E-state index in [0.29, 0.717) is 15.8 Å².